The summed E-state index contributed by atoms with van der Waals surface area (Å²) in [7, 11) is -3.61. The van der Waals surface area contributed by atoms with Gasteiger partial charge in [-0.1, -0.05) is 0 Å². The summed E-state index contributed by atoms with van der Waals surface area (Å²) in [5.74, 6) is 0. The summed E-state index contributed by atoms with van der Waals surface area (Å²) in [4.78, 5) is 0. The Morgan fingerprint density at radius 3 is 2.81 bits per heavy atom. The summed E-state index contributed by atoms with van der Waals surface area (Å²) in [6, 6.07) is 0.361. The van der Waals surface area contributed by atoms with Crippen LogP contribution in [0.3, 0.4) is 0 Å². The van der Waals surface area contributed by atoms with Gasteiger partial charge in [-0.3, -0.25) is 5.10 Å². The highest BCUT2D eigenvalue weighted by atomic mass is 32.2. The Kier molecular flexibility index (Phi) is 4.30. The molecule has 2 fully saturated rings. The normalized spacial score (nSPS) is 23.4. The number of sulfonamides is 1. The average Bonchev–Trinajstić information content (AvgIpc) is 3.20. The second-order valence-electron chi connectivity index (χ2n) is 5.82. The Morgan fingerprint density at radius 2 is 2.14 bits per heavy atom. The van der Waals surface area contributed by atoms with Gasteiger partial charge in [0.1, 0.15) is 0 Å². The van der Waals surface area contributed by atoms with E-state index in [4.69, 9.17) is 4.74 Å². The molecule has 1 atom stereocenters. The maximum absolute atomic E-state index is 12.5. The van der Waals surface area contributed by atoms with Crippen LogP contribution in [-0.2, 0) is 21.3 Å². The molecule has 2 heterocycles. The number of aromatic nitrogens is 2. The van der Waals surface area contributed by atoms with E-state index in [2.05, 4.69) is 20.2 Å². The van der Waals surface area contributed by atoms with E-state index in [0.29, 0.717) is 25.8 Å². The number of nitrogens with one attached hydrogen (secondary N) is 3. The molecule has 0 amide bonds. The first-order valence-electron chi connectivity index (χ1n) is 7.43. The summed E-state index contributed by atoms with van der Waals surface area (Å²) < 4.78 is 33.1. The Bertz CT molecular complexity index is 589. The lowest BCUT2D eigenvalue weighted by atomic mass is 10.1. The van der Waals surface area contributed by atoms with Gasteiger partial charge in [-0.05, 0) is 32.6 Å². The highest BCUT2D eigenvalue weighted by molar-refractivity contribution is 7.89. The second kappa shape index (κ2) is 6.04. The van der Waals surface area contributed by atoms with E-state index in [1.807, 2.05) is 6.92 Å². The van der Waals surface area contributed by atoms with Crippen LogP contribution in [0.25, 0.3) is 0 Å². The average molecular weight is 314 g/mol. The van der Waals surface area contributed by atoms with Gasteiger partial charge in [0.25, 0.3) is 10.0 Å². The van der Waals surface area contributed by atoms with Gasteiger partial charge in [0.15, 0.2) is 5.03 Å². The minimum atomic E-state index is -3.61. The molecule has 118 valence electrons. The largest absolute Gasteiger partial charge is 0.380 e. The summed E-state index contributed by atoms with van der Waals surface area (Å²) >= 11 is 0. The van der Waals surface area contributed by atoms with Gasteiger partial charge in [0.2, 0.25) is 0 Å². The first-order valence-corrected chi connectivity index (χ1v) is 8.92. The maximum atomic E-state index is 12.5. The number of ether oxygens (including phenoxy) is 1. The van der Waals surface area contributed by atoms with Gasteiger partial charge in [-0.25, -0.2) is 13.1 Å². The lowest BCUT2D eigenvalue weighted by molar-refractivity contribution is 0.0774. The van der Waals surface area contributed by atoms with Crippen molar-refractivity contribution in [3.63, 3.8) is 0 Å². The number of hydrogen-bond donors (Lipinski definition) is 3. The lowest BCUT2D eigenvalue weighted by Crippen LogP contribution is -2.41. The summed E-state index contributed by atoms with van der Waals surface area (Å²) in [5, 5.41) is 10.2. The molecule has 1 unspecified atom stereocenters. The smallest absolute Gasteiger partial charge is 0.260 e. The molecule has 0 radical (unpaired) electrons. The SMILES string of the molecule is Cc1[nH]nc(S(=O)(=O)NC2CCCOC2)c1CNC1CC1. The van der Waals surface area contributed by atoms with E-state index in [9.17, 15) is 8.42 Å². The van der Waals surface area contributed by atoms with Crippen molar-refractivity contribution in [3.05, 3.63) is 11.3 Å². The van der Waals surface area contributed by atoms with Crippen LogP contribution in [0.2, 0.25) is 0 Å². The zero-order chi connectivity index (χ0) is 14.9. The molecule has 0 aromatic carbocycles. The van der Waals surface area contributed by atoms with E-state index in [1.54, 1.807) is 0 Å². The van der Waals surface area contributed by atoms with Gasteiger partial charge in [-0.15, -0.1) is 0 Å². The predicted molar refractivity (Wildman–Crippen MR) is 77.3 cm³/mol. The first-order chi connectivity index (χ1) is 10.1. The topological polar surface area (TPSA) is 96.1 Å². The van der Waals surface area contributed by atoms with Crippen LogP contribution in [0.15, 0.2) is 5.03 Å². The quantitative estimate of drug-likeness (QED) is 0.707. The van der Waals surface area contributed by atoms with Gasteiger partial charge >= 0.3 is 0 Å². The molecule has 3 rings (SSSR count). The number of nitrogens with zero attached hydrogens (tertiary/aromatic N) is 1. The molecule has 21 heavy (non-hydrogen) atoms. The van der Waals surface area contributed by atoms with Crippen molar-refractivity contribution in [1.29, 1.82) is 0 Å². The van der Waals surface area contributed by atoms with Crippen molar-refractivity contribution in [2.24, 2.45) is 0 Å². The van der Waals surface area contributed by atoms with Gasteiger partial charge in [0.05, 0.1) is 6.61 Å². The number of aryl methyl sites for hydroxylation is 1. The van der Waals surface area contributed by atoms with Gasteiger partial charge in [0, 0.05) is 36.5 Å². The van der Waals surface area contributed by atoms with E-state index in [0.717, 1.165) is 36.9 Å². The number of rotatable bonds is 6. The minimum absolute atomic E-state index is 0.110. The molecule has 8 heteroatoms. The third-order valence-electron chi connectivity index (χ3n) is 3.92. The van der Waals surface area contributed by atoms with Crippen LogP contribution in [-0.4, -0.2) is 43.9 Å². The van der Waals surface area contributed by atoms with Crippen LogP contribution < -0.4 is 10.0 Å². The second-order valence-corrected chi connectivity index (χ2v) is 7.45. The van der Waals surface area contributed by atoms with E-state index in [1.165, 1.54) is 0 Å². The first kappa shape index (κ1) is 15.0. The highest BCUT2D eigenvalue weighted by Gasteiger charge is 2.29. The molecule has 1 aromatic heterocycles. The third-order valence-corrected chi connectivity index (χ3v) is 5.41. The van der Waals surface area contributed by atoms with Crippen molar-refractivity contribution >= 4 is 10.0 Å². The van der Waals surface area contributed by atoms with Crippen molar-refractivity contribution < 1.29 is 13.2 Å². The summed E-state index contributed by atoms with van der Waals surface area (Å²) in [6.07, 6.45) is 4.01. The molecular weight excluding hydrogens is 292 g/mol. The van der Waals surface area contributed by atoms with Crippen LogP contribution in [0, 0.1) is 6.92 Å². The lowest BCUT2D eigenvalue weighted by Gasteiger charge is -2.22. The molecule has 2 aliphatic rings. The Labute approximate surface area is 124 Å². The zero-order valence-electron chi connectivity index (χ0n) is 12.2. The van der Waals surface area contributed by atoms with Gasteiger partial charge < -0.3 is 10.1 Å². The fourth-order valence-electron chi connectivity index (χ4n) is 2.50. The van der Waals surface area contributed by atoms with Crippen molar-refractivity contribution in [2.75, 3.05) is 13.2 Å². The molecule has 1 saturated heterocycles. The summed E-state index contributed by atoms with van der Waals surface area (Å²) in [5.41, 5.74) is 1.52. The third kappa shape index (κ3) is 3.63. The van der Waals surface area contributed by atoms with Crippen LogP contribution in [0.5, 0.6) is 0 Å². The van der Waals surface area contributed by atoms with Crippen molar-refractivity contribution in [3.8, 4) is 0 Å². The maximum Gasteiger partial charge on any atom is 0.260 e. The zero-order valence-corrected chi connectivity index (χ0v) is 13.0. The summed E-state index contributed by atoms with van der Waals surface area (Å²) in [6.45, 7) is 3.51. The number of aromatic amines is 1. The Hall–Kier alpha value is -0.960. The molecule has 0 spiro atoms. The van der Waals surface area contributed by atoms with Crippen LogP contribution in [0.1, 0.15) is 36.9 Å². The highest BCUT2D eigenvalue weighted by Crippen LogP contribution is 2.22. The number of hydrogen-bond acceptors (Lipinski definition) is 5. The molecule has 1 saturated carbocycles. The molecule has 1 aromatic rings. The van der Waals surface area contributed by atoms with Crippen molar-refractivity contribution in [2.45, 2.75) is 56.3 Å². The molecule has 1 aliphatic carbocycles. The predicted octanol–water partition coefficient (Wildman–Crippen LogP) is 0.427. The minimum Gasteiger partial charge on any atom is -0.380 e. The van der Waals surface area contributed by atoms with Crippen LogP contribution >= 0.6 is 0 Å². The van der Waals surface area contributed by atoms with E-state index in [-0.39, 0.29) is 11.1 Å². The molecule has 3 N–H and O–H groups in total. The molecule has 7 nitrogen and oxygen atoms in total. The van der Waals surface area contributed by atoms with E-state index < -0.39 is 10.0 Å². The van der Waals surface area contributed by atoms with E-state index >= 15 is 0 Å². The Balaban J connectivity index is 1.73. The standard InChI is InChI=1S/C13H22N4O3S/c1-9-12(7-14-10-4-5-10)13(16-15-9)21(18,19)17-11-3-2-6-20-8-11/h10-11,14,17H,2-8H2,1H3,(H,15,16). The monoisotopic (exact) mass is 314 g/mol. The fraction of sp³-hybridized carbons (Fsp3) is 0.769. The van der Waals surface area contributed by atoms with Crippen LogP contribution in [0.4, 0.5) is 0 Å². The Morgan fingerprint density at radius 1 is 1.33 bits per heavy atom. The fourth-order valence-corrected chi connectivity index (χ4v) is 3.96. The molecule has 0 bridgehead atoms. The van der Waals surface area contributed by atoms with Crippen molar-refractivity contribution in [1.82, 2.24) is 20.2 Å². The number of H-pyrrole nitrogens is 1. The molecular formula is C13H22N4O3S. The molecule has 1 aliphatic heterocycles. The van der Waals surface area contributed by atoms with Gasteiger partial charge in [-0.2, -0.15) is 5.10 Å².